The highest BCUT2D eigenvalue weighted by Gasteiger charge is 2.06. The SMILES string of the molecule is COc1ccc(CCNC(=O)CNc2cc(F)ccc2F)cc1. The fourth-order valence-electron chi connectivity index (χ4n) is 2.01. The van der Waals surface area contributed by atoms with E-state index in [-0.39, 0.29) is 18.1 Å². The Morgan fingerprint density at radius 3 is 2.57 bits per heavy atom. The number of anilines is 1. The first kappa shape index (κ1) is 16.7. The van der Waals surface area contributed by atoms with Crippen LogP contribution in [0, 0.1) is 11.6 Å². The number of methoxy groups -OCH3 is 1. The van der Waals surface area contributed by atoms with Crippen molar-refractivity contribution in [2.75, 3.05) is 25.5 Å². The Kier molecular flexibility index (Phi) is 5.91. The lowest BCUT2D eigenvalue weighted by Gasteiger charge is -2.09. The van der Waals surface area contributed by atoms with E-state index in [1.807, 2.05) is 24.3 Å². The molecule has 6 heteroatoms. The van der Waals surface area contributed by atoms with Crippen LogP contribution in [0.2, 0.25) is 0 Å². The van der Waals surface area contributed by atoms with Gasteiger partial charge in [-0.1, -0.05) is 12.1 Å². The fourth-order valence-corrected chi connectivity index (χ4v) is 2.01. The third kappa shape index (κ3) is 5.25. The van der Waals surface area contributed by atoms with Crippen molar-refractivity contribution in [3.8, 4) is 5.75 Å². The van der Waals surface area contributed by atoms with Crippen molar-refractivity contribution in [3.63, 3.8) is 0 Å². The van der Waals surface area contributed by atoms with Crippen LogP contribution in [0.3, 0.4) is 0 Å². The molecule has 0 aliphatic carbocycles. The van der Waals surface area contributed by atoms with Gasteiger partial charge in [0.2, 0.25) is 5.91 Å². The topological polar surface area (TPSA) is 50.4 Å². The zero-order chi connectivity index (χ0) is 16.7. The highest BCUT2D eigenvalue weighted by atomic mass is 19.1. The molecule has 0 atom stereocenters. The van der Waals surface area contributed by atoms with Crippen molar-refractivity contribution in [3.05, 3.63) is 59.7 Å². The minimum absolute atomic E-state index is 0.0321. The number of carbonyl (C=O) groups is 1. The lowest BCUT2D eigenvalue weighted by atomic mass is 10.1. The quantitative estimate of drug-likeness (QED) is 0.825. The summed E-state index contributed by atoms with van der Waals surface area (Å²) >= 11 is 0. The summed E-state index contributed by atoms with van der Waals surface area (Å²) in [4.78, 5) is 11.7. The summed E-state index contributed by atoms with van der Waals surface area (Å²) in [7, 11) is 1.60. The van der Waals surface area contributed by atoms with E-state index in [2.05, 4.69) is 10.6 Å². The zero-order valence-electron chi connectivity index (χ0n) is 12.7. The van der Waals surface area contributed by atoms with Crippen molar-refractivity contribution in [1.29, 1.82) is 0 Å². The number of ether oxygens (including phenoxy) is 1. The van der Waals surface area contributed by atoms with Gasteiger partial charge < -0.3 is 15.4 Å². The second-order valence-electron chi connectivity index (χ2n) is 4.93. The molecule has 0 saturated heterocycles. The van der Waals surface area contributed by atoms with Gasteiger partial charge in [0.1, 0.15) is 17.4 Å². The number of hydrogen-bond acceptors (Lipinski definition) is 3. The lowest BCUT2D eigenvalue weighted by Crippen LogP contribution is -2.31. The van der Waals surface area contributed by atoms with Crippen molar-refractivity contribution < 1.29 is 18.3 Å². The molecule has 2 aromatic carbocycles. The molecular weight excluding hydrogens is 302 g/mol. The van der Waals surface area contributed by atoms with E-state index in [9.17, 15) is 13.6 Å². The van der Waals surface area contributed by atoms with E-state index >= 15 is 0 Å². The molecule has 2 aromatic rings. The predicted octanol–water partition coefficient (Wildman–Crippen LogP) is 2.74. The molecule has 122 valence electrons. The summed E-state index contributed by atoms with van der Waals surface area (Å²) in [5.41, 5.74) is 1.03. The maximum absolute atomic E-state index is 13.4. The molecule has 0 aliphatic rings. The van der Waals surface area contributed by atoms with Gasteiger partial charge in [0, 0.05) is 6.54 Å². The number of carbonyl (C=O) groups excluding carboxylic acids is 1. The fraction of sp³-hybridized carbons (Fsp3) is 0.235. The van der Waals surface area contributed by atoms with Crippen molar-refractivity contribution in [1.82, 2.24) is 5.32 Å². The molecule has 2 N–H and O–H groups in total. The van der Waals surface area contributed by atoms with Gasteiger partial charge in [0.05, 0.1) is 19.3 Å². The van der Waals surface area contributed by atoms with Crippen LogP contribution in [-0.4, -0.2) is 26.1 Å². The monoisotopic (exact) mass is 320 g/mol. The number of nitrogens with one attached hydrogen (secondary N) is 2. The maximum Gasteiger partial charge on any atom is 0.239 e. The van der Waals surface area contributed by atoms with Gasteiger partial charge in [-0.25, -0.2) is 8.78 Å². The standard InChI is InChI=1S/C17H18F2N2O2/c1-23-14-5-2-12(3-6-14)8-9-20-17(22)11-21-16-10-13(18)4-7-15(16)19/h2-7,10,21H,8-9,11H2,1H3,(H,20,22). The molecule has 0 radical (unpaired) electrons. The molecule has 0 spiro atoms. The van der Waals surface area contributed by atoms with Crippen LogP contribution in [-0.2, 0) is 11.2 Å². The third-order valence-corrected chi connectivity index (χ3v) is 3.26. The van der Waals surface area contributed by atoms with E-state index in [1.165, 1.54) is 0 Å². The first-order valence-corrected chi connectivity index (χ1v) is 7.17. The Labute approximate surface area is 133 Å². The smallest absolute Gasteiger partial charge is 0.239 e. The van der Waals surface area contributed by atoms with Gasteiger partial charge in [-0.3, -0.25) is 4.79 Å². The molecule has 0 unspecified atom stereocenters. The van der Waals surface area contributed by atoms with Gasteiger partial charge in [-0.2, -0.15) is 0 Å². The lowest BCUT2D eigenvalue weighted by molar-refractivity contribution is -0.119. The molecule has 0 aromatic heterocycles. The van der Waals surface area contributed by atoms with Crippen LogP contribution in [0.1, 0.15) is 5.56 Å². The van der Waals surface area contributed by atoms with Crippen molar-refractivity contribution in [2.45, 2.75) is 6.42 Å². The summed E-state index contributed by atoms with van der Waals surface area (Å²) in [6.45, 7) is 0.335. The van der Waals surface area contributed by atoms with Crippen LogP contribution in [0.25, 0.3) is 0 Å². The average Bonchev–Trinajstić information content (AvgIpc) is 2.56. The van der Waals surface area contributed by atoms with Gasteiger partial charge in [-0.15, -0.1) is 0 Å². The van der Waals surface area contributed by atoms with Crippen LogP contribution in [0.5, 0.6) is 5.75 Å². The minimum Gasteiger partial charge on any atom is -0.497 e. The van der Waals surface area contributed by atoms with Crippen LogP contribution >= 0.6 is 0 Å². The molecule has 2 rings (SSSR count). The summed E-state index contributed by atoms with van der Waals surface area (Å²) in [5.74, 6) is -0.674. The largest absolute Gasteiger partial charge is 0.497 e. The molecule has 0 heterocycles. The molecule has 23 heavy (non-hydrogen) atoms. The number of hydrogen-bond donors (Lipinski definition) is 2. The molecule has 0 bridgehead atoms. The number of rotatable bonds is 7. The first-order valence-electron chi connectivity index (χ1n) is 7.17. The second-order valence-corrected chi connectivity index (χ2v) is 4.93. The van der Waals surface area contributed by atoms with Crippen LogP contribution in [0.15, 0.2) is 42.5 Å². The number of benzene rings is 2. The van der Waals surface area contributed by atoms with E-state index in [4.69, 9.17) is 4.74 Å². The predicted molar refractivity (Wildman–Crippen MR) is 84.6 cm³/mol. The van der Waals surface area contributed by atoms with E-state index in [1.54, 1.807) is 7.11 Å². The molecule has 1 amide bonds. The van der Waals surface area contributed by atoms with Gasteiger partial charge >= 0.3 is 0 Å². The molecule has 0 aliphatic heterocycles. The normalized spacial score (nSPS) is 10.2. The van der Waals surface area contributed by atoms with Crippen LogP contribution < -0.4 is 15.4 Å². The number of halogens is 2. The van der Waals surface area contributed by atoms with E-state index < -0.39 is 11.6 Å². The Hall–Kier alpha value is -2.63. The Morgan fingerprint density at radius 1 is 1.13 bits per heavy atom. The summed E-state index contributed by atoms with van der Waals surface area (Å²) < 4.78 is 31.5. The molecule has 4 nitrogen and oxygen atoms in total. The molecule has 0 fully saturated rings. The maximum atomic E-state index is 13.4. The van der Waals surface area contributed by atoms with E-state index in [0.29, 0.717) is 13.0 Å². The zero-order valence-corrected chi connectivity index (χ0v) is 12.7. The Bertz CT molecular complexity index is 660. The Balaban J connectivity index is 1.73. The van der Waals surface area contributed by atoms with E-state index in [0.717, 1.165) is 29.5 Å². The minimum atomic E-state index is -0.600. The summed E-state index contributed by atoms with van der Waals surface area (Å²) in [6.07, 6.45) is 0.671. The third-order valence-electron chi connectivity index (χ3n) is 3.26. The van der Waals surface area contributed by atoms with Gasteiger partial charge in [0.15, 0.2) is 0 Å². The van der Waals surface area contributed by atoms with Crippen molar-refractivity contribution >= 4 is 11.6 Å². The Morgan fingerprint density at radius 2 is 1.87 bits per heavy atom. The average molecular weight is 320 g/mol. The second kappa shape index (κ2) is 8.12. The highest BCUT2D eigenvalue weighted by molar-refractivity contribution is 5.80. The first-order chi connectivity index (χ1) is 11.1. The molecule has 0 saturated carbocycles. The van der Waals surface area contributed by atoms with Gasteiger partial charge in [-0.05, 0) is 42.3 Å². The number of amides is 1. The highest BCUT2D eigenvalue weighted by Crippen LogP contribution is 2.14. The van der Waals surface area contributed by atoms with Crippen molar-refractivity contribution in [2.24, 2.45) is 0 Å². The van der Waals surface area contributed by atoms with Crippen LogP contribution in [0.4, 0.5) is 14.5 Å². The molecular formula is C17H18F2N2O2. The van der Waals surface area contributed by atoms with Gasteiger partial charge in [0.25, 0.3) is 0 Å². The summed E-state index contributed by atoms with van der Waals surface area (Å²) in [6, 6.07) is 10.6. The summed E-state index contributed by atoms with van der Waals surface area (Å²) in [5, 5.41) is 5.29.